The standard InChI is InChI=1S/C21H20N6O2/c1-13-4-3-5-14(10-13)11-18-24-20(27-26-18)15-6-8-16(9-7-15)29-19-12-17(22)23-21(25-19)28-2/h3-10,12H,11H2,1-2H3,(H2,22,23,25)(H,24,26,27). The predicted molar refractivity (Wildman–Crippen MR) is 109 cm³/mol. The third kappa shape index (κ3) is 4.49. The molecule has 0 aliphatic heterocycles. The number of aromatic amines is 1. The van der Waals surface area contributed by atoms with Crippen molar-refractivity contribution in [3.63, 3.8) is 0 Å². The molecule has 0 fully saturated rings. The van der Waals surface area contributed by atoms with E-state index in [1.165, 1.54) is 24.3 Å². The number of rotatable bonds is 6. The lowest BCUT2D eigenvalue weighted by molar-refractivity contribution is 0.367. The molecule has 2 aromatic carbocycles. The van der Waals surface area contributed by atoms with E-state index in [0.29, 0.717) is 23.9 Å². The van der Waals surface area contributed by atoms with Crippen molar-refractivity contribution in [3.05, 3.63) is 71.5 Å². The molecule has 0 radical (unpaired) electrons. The van der Waals surface area contributed by atoms with Crippen molar-refractivity contribution >= 4 is 5.82 Å². The van der Waals surface area contributed by atoms with Crippen LogP contribution in [-0.2, 0) is 6.42 Å². The van der Waals surface area contributed by atoms with Gasteiger partial charge < -0.3 is 15.2 Å². The molecule has 29 heavy (non-hydrogen) atoms. The fraction of sp³-hybridized carbons (Fsp3) is 0.143. The number of nitrogens with two attached hydrogens (primary N) is 1. The van der Waals surface area contributed by atoms with Crippen LogP contribution in [0.15, 0.2) is 54.6 Å². The van der Waals surface area contributed by atoms with Gasteiger partial charge in [0.25, 0.3) is 0 Å². The lowest BCUT2D eigenvalue weighted by Gasteiger charge is -2.07. The van der Waals surface area contributed by atoms with Crippen molar-refractivity contribution in [2.24, 2.45) is 0 Å². The Morgan fingerprint density at radius 1 is 1.00 bits per heavy atom. The van der Waals surface area contributed by atoms with Crippen molar-refractivity contribution in [1.82, 2.24) is 25.1 Å². The van der Waals surface area contributed by atoms with Crippen LogP contribution in [0.3, 0.4) is 0 Å². The summed E-state index contributed by atoms with van der Waals surface area (Å²) in [5.74, 6) is 2.62. The molecular formula is C21H20N6O2. The molecule has 3 N–H and O–H groups in total. The lowest BCUT2D eigenvalue weighted by atomic mass is 10.1. The second-order valence-electron chi connectivity index (χ2n) is 6.52. The highest BCUT2D eigenvalue weighted by molar-refractivity contribution is 5.56. The summed E-state index contributed by atoms with van der Waals surface area (Å²) in [6.45, 7) is 2.07. The van der Waals surface area contributed by atoms with Crippen molar-refractivity contribution in [1.29, 1.82) is 0 Å². The van der Waals surface area contributed by atoms with E-state index < -0.39 is 0 Å². The van der Waals surface area contributed by atoms with E-state index in [1.807, 2.05) is 30.3 Å². The van der Waals surface area contributed by atoms with Crippen LogP contribution in [0, 0.1) is 6.92 Å². The van der Waals surface area contributed by atoms with Crippen LogP contribution in [0.2, 0.25) is 0 Å². The zero-order valence-corrected chi connectivity index (χ0v) is 16.1. The summed E-state index contributed by atoms with van der Waals surface area (Å²) in [6, 6.07) is 17.4. The summed E-state index contributed by atoms with van der Waals surface area (Å²) < 4.78 is 10.7. The zero-order valence-electron chi connectivity index (χ0n) is 16.1. The van der Waals surface area contributed by atoms with Gasteiger partial charge in [-0.1, -0.05) is 29.8 Å². The Labute approximate surface area is 167 Å². The number of H-pyrrole nitrogens is 1. The van der Waals surface area contributed by atoms with Crippen molar-refractivity contribution in [2.75, 3.05) is 12.8 Å². The molecule has 0 aliphatic carbocycles. The Morgan fingerprint density at radius 3 is 2.59 bits per heavy atom. The van der Waals surface area contributed by atoms with E-state index in [0.717, 1.165) is 11.4 Å². The number of benzene rings is 2. The molecule has 0 amide bonds. The molecule has 4 aromatic rings. The lowest BCUT2D eigenvalue weighted by Crippen LogP contribution is -1.99. The van der Waals surface area contributed by atoms with Crippen LogP contribution in [-0.4, -0.2) is 32.3 Å². The van der Waals surface area contributed by atoms with E-state index in [-0.39, 0.29) is 11.8 Å². The molecule has 8 nitrogen and oxygen atoms in total. The SMILES string of the molecule is COc1nc(N)cc(Oc2ccc(-c3n[nH]c(Cc4cccc(C)c4)n3)cc2)n1. The van der Waals surface area contributed by atoms with Gasteiger partial charge in [0.1, 0.15) is 17.4 Å². The number of hydrogen-bond acceptors (Lipinski definition) is 7. The number of anilines is 1. The molecule has 0 atom stereocenters. The predicted octanol–water partition coefficient (Wildman–Crippen LogP) is 3.54. The Balaban J connectivity index is 1.47. The van der Waals surface area contributed by atoms with E-state index >= 15 is 0 Å². The van der Waals surface area contributed by atoms with Gasteiger partial charge in [-0.15, -0.1) is 0 Å². The minimum Gasteiger partial charge on any atom is -0.467 e. The summed E-state index contributed by atoms with van der Waals surface area (Å²) in [7, 11) is 1.47. The smallest absolute Gasteiger partial charge is 0.321 e. The molecule has 0 saturated carbocycles. The highest BCUT2D eigenvalue weighted by atomic mass is 16.5. The molecular weight excluding hydrogens is 368 g/mol. The zero-order chi connectivity index (χ0) is 20.2. The van der Waals surface area contributed by atoms with Crippen LogP contribution in [0.25, 0.3) is 11.4 Å². The average Bonchev–Trinajstić information content (AvgIpc) is 3.16. The van der Waals surface area contributed by atoms with Gasteiger partial charge in [-0.05, 0) is 36.8 Å². The molecule has 2 aromatic heterocycles. The fourth-order valence-corrected chi connectivity index (χ4v) is 2.88. The normalized spacial score (nSPS) is 10.7. The van der Waals surface area contributed by atoms with Crippen LogP contribution in [0.1, 0.15) is 17.0 Å². The van der Waals surface area contributed by atoms with Crippen LogP contribution >= 0.6 is 0 Å². The van der Waals surface area contributed by atoms with E-state index in [4.69, 9.17) is 15.2 Å². The van der Waals surface area contributed by atoms with Crippen molar-refractivity contribution in [3.8, 4) is 29.0 Å². The van der Waals surface area contributed by atoms with Gasteiger partial charge in [0.15, 0.2) is 5.82 Å². The van der Waals surface area contributed by atoms with E-state index in [2.05, 4.69) is 50.3 Å². The largest absolute Gasteiger partial charge is 0.467 e. The maximum absolute atomic E-state index is 5.73. The maximum Gasteiger partial charge on any atom is 0.321 e. The fourth-order valence-electron chi connectivity index (χ4n) is 2.88. The van der Waals surface area contributed by atoms with Crippen LogP contribution in [0.4, 0.5) is 5.82 Å². The van der Waals surface area contributed by atoms with Gasteiger partial charge in [-0.3, -0.25) is 5.10 Å². The number of aryl methyl sites for hydroxylation is 1. The second-order valence-corrected chi connectivity index (χ2v) is 6.52. The molecule has 0 spiro atoms. The minimum absolute atomic E-state index is 0.151. The summed E-state index contributed by atoms with van der Waals surface area (Å²) in [4.78, 5) is 12.6. The van der Waals surface area contributed by atoms with Gasteiger partial charge in [0, 0.05) is 18.1 Å². The number of nitrogen functional groups attached to an aromatic ring is 1. The summed E-state index contributed by atoms with van der Waals surface area (Å²) in [5, 5.41) is 7.33. The number of nitrogens with one attached hydrogen (secondary N) is 1. The molecule has 146 valence electrons. The van der Waals surface area contributed by atoms with Crippen molar-refractivity contribution < 1.29 is 9.47 Å². The minimum atomic E-state index is 0.151. The number of methoxy groups -OCH3 is 1. The first-order valence-corrected chi connectivity index (χ1v) is 9.03. The van der Waals surface area contributed by atoms with Gasteiger partial charge in [0.05, 0.1) is 7.11 Å². The Hall–Kier alpha value is -3.94. The molecule has 0 saturated heterocycles. The third-order valence-corrected chi connectivity index (χ3v) is 4.21. The monoisotopic (exact) mass is 388 g/mol. The quantitative estimate of drug-likeness (QED) is 0.519. The van der Waals surface area contributed by atoms with Crippen LogP contribution < -0.4 is 15.2 Å². The highest BCUT2D eigenvalue weighted by Crippen LogP contribution is 2.25. The first-order chi connectivity index (χ1) is 14.1. The first kappa shape index (κ1) is 18.4. The summed E-state index contributed by atoms with van der Waals surface area (Å²) in [5.41, 5.74) is 9.02. The Bertz CT molecular complexity index is 1120. The number of aromatic nitrogens is 5. The maximum atomic E-state index is 5.73. The van der Waals surface area contributed by atoms with E-state index in [1.54, 1.807) is 0 Å². The molecule has 0 bridgehead atoms. The van der Waals surface area contributed by atoms with Gasteiger partial charge >= 0.3 is 6.01 Å². The Morgan fingerprint density at radius 2 is 1.83 bits per heavy atom. The molecule has 0 unspecified atom stereocenters. The number of ether oxygens (including phenoxy) is 2. The first-order valence-electron chi connectivity index (χ1n) is 9.03. The summed E-state index contributed by atoms with van der Waals surface area (Å²) >= 11 is 0. The second kappa shape index (κ2) is 7.97. The van der Waals surface area contributed by atoms with Gasteiger partial charge in [-0.2, -0.15) is 15.1 Å². The average molecular weight is 388 g/mol. The topological polar surface area (TPSA) is 112 Å². The highest BCUT2D eigenvalue weighted by Gasteiger charge is 2.09. The number of nitrogens with zero attached hydrogens (tertiary/aromatic N) is 4. The van der Waals surface area contributed by atoms with Gasteiger partial charge in [0.2, 0.25) is 5.88 Å². The summed E-state index contributed by atoms with van der Waals surface area (Å²) in [6.07, 6.45) is 0.701. The van der Waals surface area contributed by atoms with Crippen molar-refractivity contribution in [2.45, 2.75) is 13.3 Å². The molecule has 2 heterocycles. The molecule has 4 rings (SSSR count). The molecule has 0 aliphatic rings. The molecule has 8 heteroatoms. The van der Waals surface area contributed by atoms with E-state index in [9.17, 15) is 0 Å². The number of hydrogen-bond donors (Lipinski definition) is 2. The Kier molecular flexibility index (Phi) is 5.07. The van der Waals surface area contributed by atoms with Gasteiger partial charge in [-0.25, -0.2) is 4.98 Å². The third-order valence-electron chi connectivity index (χ3n) is 4.21. The van der Waals surface area contributed by atoms with Crippen LogP contribution in [0.5, 0.6) is 17.6 Å².